The summed E-state index contributed by atoms with van der Waals surface area (Å²) in [6.07, 6.45) is 19.5. The first-order valence-electron chi connectivity index (χ1n) is 36.9. The highest BCUT2D eigenvalue weighted by atomic mass is 16.8. The Hall–Kier alpha value is -2.27. The summed E-state index contributed by atoms with van der Waals surface area (Å²) in [5.74, 6) is -6.09. The van der Waals surface area contributed by atoms with Crippen LogP contribution in [0.3, 0.4) is 0 Å². The van der Waals surface area contributed by atoms with Gasteiger partial charge < -0.3 is 100 Å². The maximum atomic E-state index is 13.5. The lowest BCUT2D eigenvalue weighted by Gasteiger charge is -2.50. The fraction of sp³-hybridized carbons (Fsp3) is 0.957. The summed E-state index contributed by atoms with van der Waals surface area (Å²) in [6, 6.07) is -2.52. The number of amides is 2. The Morgan fingerprint density at radius 2 is 0.935 bits per heavy atom. The van der Waals surface area contributed by atoms with Gasteiger partial charge in [-0.2, -0.15) is 0 Å². The van der Waals surface area contributed by atoms with E-state index in [0.717, 1.165) is 51.9 Å². The maximum Gasteiger partial charge on any atom is 0.364 e. The van der Waals surface area contributed by atoms with E-state index < -0.39 is 148 Å². The van der Waals surface area contributed by atoms with Crippen LogP contribution in [0.5, 0.6) is 0 Å². The van der Waals surface area contributed by atoms with Crippen LogP contribution in [0.2, 0.25) is 0 Å². The lowest BCUT2D eigenvalue weighted by atomic mass is 9.88. The molecule has 18 unspecified atom stereocenters. The fourth-order valence-corrected chi connectivity index (χ4v) is 13.2. The number of carbonyl (C=O) groups is 3. The zero-order chi connectivity index (χ0) is 68.2. The van der Waals surface area contributed by atoms with Gasteiger partial charge >= 0.3 is 5.97 Å². The van der Waals surface area contributed by atoms with Crippen molar-refractivity contribution in [1.82, 2.24) is 10.6 Å². The first kappa shape index (κ1) is 85.0. The van der Waals surface area contributed by atoms with Crippen molar-refractivity contribution in [3.63, 3.8) is 0 Å². The van der Waals surface area contributed by atoms with Crippen molar-refractivity contribution in [1.29, 1.82) is 0 Å². The third-order valence-corrected chi connectivity index (χ3v) is 19.1. The molecule has 3 rings (SSSR count). The third-order valence-electron chi connectivity index (χ3n) is 19.1. The summed E-state index contributed by atoms with van der Waals surface area (Å²) in [6.45, 7) is 2.24. The van der Waals surface area contributed by atoms with Crippen molar-refractivity contribution in [3.05, 3.63) is 0 Å². The Morgan fingerprint density at radius 3 is 1.34 bits per heavy atom. The van der Waals surface area contributed by atoms with Crippen molar-refractivity contribution in [2.45, 2.75) is 400 Å². The molecule has 0 saturated carbocycles. The van der Waals surface area contributed by atoms with Gasteiger partial charge in [-0.3, -0.25) is 9.59 Å². The van der Waals surface area contributed by atoms with Crippen molar-refractivity contribution in [2.75, 3.05) is 26.4 Å². The molecule has 18 atom stereocenters. The van der Waals surface area contributed by atoms with E-state index in [1.54, 1.807) is 0 Å². The lowest BCUT2D eigenvalue weighted by Crippen LogP contribution is -2.70. The average Bonchev–Trinajstić information content (AvgIpc) is 0.765. The number of aliphatic carboxylic acids is 1. The van der Waals surface area contributed by atoms with Gasteiger partial charge in [0.2, 0.25) is 11.8 Å². The minimum Gasteiger partial charge on any atom is -0.477 e. The maximum absolute atomic E-state index is 13.5. The zero-order valence-corrected chi connectivity index (χ0v) is 57.4. The number of carboxylic acids is 1. The molecule has 0 aliphatic carbocycles. The molecule has 548 valence electrons. The van der Waals surface area contributed by atoms with Gasteiger partial charge in [0.15, 0.2) is 12.6 Å². The number of aliphatic hydroxyl groups excluding tert-OH is 11. The Balaban J connectivity index is 1.56. The molecule has 3 fully saturated rings. The molecule has 0 aromatic heterocycles. The Kier molecular flexibility index (Phi) is 46.6. The first-order valence-corrected chi connectivity index (χ1v) is 36.9. The topological polar surface area (TPSA) is 373 Å². The smallest absolute Gasteiger partial charge is 0.364 e. The number of nitrogens with one attached hydrogen (secondary N) is 2. The predicted molar refractivity (Wildman–Crippen MR) is 352 cm³/mol. The molecule has 23 heteroatoms. The van der Waals surface area contributed by atoms with Crippen LogP contribution in [0.15, 0.2) is 0 Å². The monoisotopic (exact) mass is 1340 g/mol. The van der Waals surface area contributed by atoms with Crippen LogP contribution >= 0.6 is 0 Å². The summed E-state index contributed by atoms with van der Waals surface area (Å²) in [4.78, 5) is 38.6. The van der Waals surface area contributed by atoms with Crippen LogP contribution in [0.25, 0.3) is 0 Å². The molecule has 0 bridgehead atoms. The summed E-state index contributed by atoms with van der Waals surface area (Å²) in [7, 11) is 0. The second-order valence-corrected chi connectivity index (χ2v) is 27.2. The zero-order valence-electron chi connectivity index (χ0n) is 57.4. The van der Waals surface area contributed by atoms with Crippen LogP contribution in [-0.4, -0.2) is 215 Å². The van der Waals surface area contributed by atoms with Gasteiger partial charge in [0.25, 0.3) is 5.79 Å². The van der Waals surface area contributed by atoms with E-state index >= 15 is 0 Å². The van der Waals surface area contributed by atoms with Crippen molar-refractivity contribution < 1.29 is 104 Å². The Bertz CT molecular complexity index is 1880. The van der Waals surface area contributed by atoms with E-state index in [2.05, 4.69) is 24.5 Å². The largest absolute Gasteiger partial charge is 0.477 e. The molecule has 3 aliphatic heterocycles. The van der Waals surface area contributed by atoms with Crippen LogP contribution in [0, 0.1) is 0 Å². The van der Waals surface area contributed by atoms with Crippen molar-refractivity contribution >= 4 is 17.8 Å². The summed E-state index contributed by atoms with van der Waals surface area (Å²) in [5, 5.41) is 136. The van der Waals surface area contributed by atoms with Gasteiger partial charge in [0.05, 0.1) is 50.7 Å². The van der Waals surface area contributed by atoms with Gasteiger partial charge in [0, 0.05) is 19.8 Å². The third kappa shape index (κ3) is 33.0. The summed E-state index contributed by atoms with van der Waals surface area (Å²) >= 11 is 0. The highest BCUT2D eigenvalue weighted by molar-refractivity contribution is 5.77. The quantitative estimate of drug-likeness (QED) is 0.0260. The van der Waals surface area contributed by atoms with Crippen LogP contribution in [-0.2, 0) is 42.8 Å². The lowest BCUT2D eigenvalue weighted by molar-refractivity contribution is -0.386. The molecule has 0 aromatic rings. The van der Waals surface area contributed by atoms with Gasteiger partial charge in [-0.1, -0.05) is 258 Å². The molecule has 3 heterocycles. The Labute approximate surface area is 557 Å². The van der Waals surface area contributed by atoms with Crippen LogP contribution in [0.4, 0.5) is 0 Å². The first-order chi connectivity index (χ1) is 44.9. The van der Waals surface area contributed by atoms with E-state index in [-0.39, 0.29) is 18.9 Å². The molecule has 93 heavy (non-hydrogen) atoms. The van der Waals surface area contributed by atoms with Crippen molar-refractivity contribution in [2.24, 2.45) is 0 Å². The van der Waals surface area contributed by atoms with E-state index in [4.69, 9.17) is 28.4 Å². The van der Waals surface area contributed by atoms with E-state index in [9.17, 15) is 75.7 Å². The summed E-state index contributed by atoms with van der Waals surface area (Å²) in [5.41, 5.74) is 0. The standard InChI is InChI=1S/C70H132N2O21/c1-4-6-8-10-12-14-16-18-20-22-23-24-25-26-28-29-31-33-35-37-39-41-43-52(77)51(72-57(80)44-42-40-38-36-34-32-30-27-21-19-17-15-13-11-9-7-5-2)49-88-67-62(84)61(83)64(56(48-75)90-67)91-68-63(85)66(60(82)55(47-74)89-68)93-70(69(86)87)45-53(78)58(71-50(3)76)65(92-70)59(81)54(79)46-73/h51-56,58-68,73-75,77-79,81-85H,4-49H2,1-3H3,(H,71,76)(H,72,80)(H,86,87). The predicted octanol–water partition coefficient (Wildman–Crippen LogP) is 7.68. The molecule has 0 radical (unpaired) electrons. The highest BCUT2D eigenvalue weighted by Gasteiger charge is 2.60. The average molecular weight is 1340 g/mol. The SMILES string of the molecule is CCCCCCCCCCCCCCCCCCCCCCCCC(O)C(COC1OC(CO)C(OC2OC(CO)C(O)C(OC3(C(=O)O)CC(O)C(NC(C)=O)C(C(O)C(O)CO)O3)C2O)C(O)C1O)NC(=O)CCCCCCCCCCCCCCCCCCC. The molecule has 23 nitrogen and oxygen atoms in total. The number of carbonyl (C=O) groups excluding carboxylic acids is 2. The number of rotatable bonds is 57. The van der Waals surface area contributed by atoms with Gasteiger partial charge in [0.1, 0.15) is 67.1 Å². The number of hydrogen-bond donors (Lipinski definition) is 14. The van der Waals surface area contributed by atoms with Crippen molar-refractivity contribution in [3.8, 4) is 0 Å². The molecule has 3 aliphatic rings. The van der Waals surface area contributed by atoms with E-state index in [0.29, 0.717) is 19.3 Å². The highest BCUT2D eigenvalue weighted by Crippen LogP contribution is 2.39. The van der Waals surface area contributed by atoms with Crippen LogP contribution < -0.4 is 10.6 Å². The molecular weight excluding hydrogens is 1200 g/mol. The van der Waals surface area contributed by atoms with Gasteiger partial charge in [-0.05, 0) is 12.8 Å². The summed E-state index contributed by atoms with van der Waals surface area (Å²) < 4.78 is 34.9. The Morgan fingerprint density at radius 1 is 0.516 bits per heavy atom. The fourth-order valence-electron chi connectivity index (χ4n) is 13.2. The molecule has 0 aromatic carbocycles. The molecule has 3 saturated heterocycles. The minimum absolute atomic E-state index is 0.229. The molecule has 14 N–H and O–H groups in total. The van der Waals surface area contributed by atoms with E-state index in [1.165, 1.54) is 193 Å². The normalized spacial score (nSPS) is 28.0. The number of aliphatic hydroxyl groups is 11. The number of ether oxygens (including phenoxy) is 6. The van der Waals surface area contributed by atoms with Crippen LogP contribution in [0.1, 0.15) is 290 Å². The van der Waals surface area contributed by atoms with Gasteiger partial charge in [-0.25, -0.2) is 4.79 Å². The number of carboxylic acid groups (broad SMARTS) is 1. The minimum atomic E-state index is -3.08. The molecular formula is C70H132N2O21. The second-order valence-electron chi connectivity index (χ2n) is 27.2. The second kappa shape index (κ2) is 51.0. The number of hydrogen-bond acceptors (Lipinski definition) is 20. The van der Waals surface area contributed by atoms with E-state index in [1.807, 2.05) is 0 Å². The van der Waals surface area contributed by atoms with Gasteiger partial charge in [-0.15, -0.1) is 0 Å². The number of unbranched alkanes of at least 4 members (excludes halogenated alkanes) is 37. The molecule has 0 spiro atoms. The molecule has 2 amide bonds.